The third-order valence-electron chi connectivity index (χ3n) is 2.19. The van der Waals surface area contributed by atoms with E-state index in [1.54, 1.807) is 13.8 Å². The highest BCUT2D eigenvalue weighted by Gasteiger charge is 2.39. The lowest BCUT2D eigenvalue weighted by Gasteiger charge is -2.27. The van der Waals surface area contributed by atoms with Crippen molar-refractivity contribution in [3.63, 3.8) is 0 Å². The van der Waals surface area contributed by atoms with E-state index < -0.39 is 18.2 Å². The number of aliphatic imine (C=N–C) groups is 3. The molecule has 6 nitrogen and oxygen atoms in total. The second-order valence-corrected chi connectivity index (χ2v) is 4.17. The minimum Gasteiger partial charge on any atom is -0.461 e. The zero-order valence-corrected chi connectivity index (χ0v) is 12.0. The third-order valence-corrected chi connectivity index (χ3v) is 2.19. The van der Waals surface area contributed by atoms with Crippen LogP contribution in [0.15, 0.2) is 15.0 Å². The molecule has 0 aliphatic carbocycles. The van der Waals surface area contributed by atoms with Gasteiger partial charge in [0.15, 0.2) is 0 Å². The Morgan fingerprint density at radius 3 is 2.30 bits per heavy atom. The number of rotatable bonds is 4. The van der Waals surface area contributed by atoms with E-state index >= 15 is 0 Å². The van der Waals surface area contributed by atoms with Gasteiger partial charge >= 0.3 is 12.2 Å². The Morgan fingerprint density at radius 1 is 1.40 bits per heavy atom. The molecule has 0 bridgehead atoms. The number of nitrogens with two attached hydrogens (primary N) is 1. The normalized spacial score (nSPS) is 15.2. The van der Waals surface area contributed by atoms with Crippen LogP contribution in [0.25, 0.3) is 0 Å². The highest BCUT2D eigenvalue weighted by Crippen LogP contribution is 2.19. The summed E-state index contributed by atoms with van der Waals surface area (Å²) in [6.45, 7) is 6.66. The van der Waals surface area contributed by atoms with Gasteiger partial charge in [0, 0.05) is 14.1 Å². The van der Waals surface area contributed by atoms with Crippen molar-refractivity contribution in [2.45, 2.75) is 32.3 Å². The summed E-state index contributed by atoms with van der Waals surface area (Å²) in [7, 11) is 2.24. The maximum absolute atomic E-state index is 12.7. The molecule has 2 N–H and O–H groups in total. The van der Waals surface area contributed by atoms with E-state index in [1.807, 2.05) is 0 Å². The van der Waals surface area contributed by atoms with Gasteiger partial charge in [0.1, 0.15) is 0 Å². The van der Waals surface area contributed by atoms with Crippen LogP contribution in [0.5, 0.6) is 0 Å². The zero-order valence-electron chi connectivity index (χ0n) is 12.0. The smallest absolute Gasteiger partial charge is 0.449 e. The molecule has 0 amide bonds. The number of hydrogen-bond donors (Lipinski definition) is 1. The van der Waals surface area contributed by atoms with Crippen LogP contribution < -0.4 is 5.73 Å². The molecule has 0 heterocycles. The number of amidine groups is 2. The monoisotopic (exact) mass is 295 g/mol. The molecule has 0 aromatic carbocycles. The summed E-state index contributed by atoms with van der Waals surface area (Å²) >= 11 is 0. The number of nitrogens with zero attached hydrogens (tertiary/aromatic N) is 4. The molecule has 0 aliphatic rings. The lowest BCUT2D eigenvalue weighted by molar-refractivity contribution is -0.0693. The van der Waals surface area contributed by atoms with Crippen molar-refractivity contribution in [2.24, 2.45) is 20.7 Å². The first kappa shape index (κ1) is 18.4. The summed E-state index contributed by atoms with van der Waals surface area (Å²) < 4.78 is 43.1. The summed E-state index contributed by atoms with van der Waals surface area (Å²) in [6.07, 6.45) is -5.75. The van der Waals surface area contributed by atoms with Crippen molar-refractivity contribution in [1.29, 1.82) is 0 Å². The van der Waals surface area contributed by atoms with Gasteiger partial charge in [-0.15, -0.1) is 0 Å². The van der Waals surface area contributed by atoms with E-state index in [0.29, 0.717) is 0 Å². The van der Waals surface area contributed by atoms with Gasteiger partial charge in [0.25, 0.3) is 0 Å². The average Bonchev–Trinajstić information content (AvgIpc) is 2.32. The Labute approximate surface area is 116 Å². The Kier molecular flexibility index (Phi) is 7.19. The molecule has 0 aromatic heterocycles. The van der Waals surface area contributed by atoms with E-state index in [9.17, 15) is 13.2 Å². The van der Waals surface area contributed by atoms with Gasteiger partial charge < -0.3 is 15.4 Å². The van der Waals surface area contributed by atoms with Crippen LogP contribution in [-0.4, -0.2) is 62.6 Å². The van der Waals surface area contributed by atoms with Crippen molar-refractivity contribution in [1.82, 2.24) is 4.90 Å². The molecule has 116 valence electrons. The van der Waals surface area contributed by atoms with Crippen molar-refractivity contribution in [3.8, 4) is 0 Å². The molecular formula is C11H20F3N5O. The first-order valence-electron chi connectivity index (χ1n) is 5.83. The fraction of sp³-hybridized carbons (Fsp3) is 0.727. The number of hydrogen-bond acceptors (Lipinski definition) is 4. The molecule has 0 radical (unpaired) electrons. The minimum absolute atomic E-state index is 0.00848. The lowest BCUT2D eigenvalue weighted by atomic mass is 10.4. The molecule has 20 heavy (non-hydrogen) atoms. The fourth-order valence-electron chi connectivity index (χ4n) is 1.27. The number of ether oxygens (including phenoxy) is 1. The van der Waals surface area contributed by atoms with Crippen LogP contribution in [0.2, 0.25) is 0 Å². The Bertz CT molecular complexity index is 379. The van der Waals surface area contributed by atoms with Crippen molar-refractivity contribution < 1.29 is 17.9 Å². The predicted molar refractivity (Wildman–Crippen MR) is 73.2 cm³/mol. The maximum atomic E-state index is 12.7. The second kappa shape index (κ2) is 7.83. The zero-order chi connectivity index (χ0) is 15.9. The van der Waals surface area contributed by atoms with Crippen LogP contribution in [0.3, 0.4) is 0 Å². The molecule has 0 aliphatic heterocycles. The fourth-order valence-corrected chi connectivity index (χ4v) is 1.27. The van der Waals surface area contributed by atoms with Gasteiger partial charge in [-0.2, -0.15) is 13.2 Å². The molecule has 1 unspecified atom stereocenters. The van der Waals surface area contributed by atoms with E-state index in [4.69, 9.17) is 10.5 Å². The SMILES string of the molecule is C=N/C(=N\CC(N)N(C)/C(=N\C)C(F)(F)F)OC(C)C. The molecule has 0 aromatic rings. The third kappa shape index (κ3) is 6.00. The van der Waals surface area contributed by atoms with Gasteiger partial charge in [0.2, 0.25) is 5.84 Å². The maximum Gasteiger partial charge on any atom is 0.449 e. The Balaban J connectivity index is 4.79. The summed E-state index contributed by atoms with van der Waals surface area (Å²) in [4.78, 5) is 11.4. The highest BCUT2D eigenvalue weighted by atomic mass is 19.4. The quantitative estimate of drug-likeness (QED) is 0.482. The van der Waals surface area contributed by atoms with Gasteiger partial charge in [0.05, 0.1) is 18.8 Å². The Hall–Kier alpha value is -1.64. The van der Waals surface area contributed by atoms with Gasteiger partial charge in [-0.1, -0.05) is 0 Å². The summed E-state index contributed by atoms with van der Waals surface area (Å²) in [5.41, 5.74) is 5.64. The minimum atomic E-state index is -4.57. The second-order valence-electron chi connectivity index (χ2n) is 4.17. The molecule has 9 heteroatoms. The van der Waals surface area contributed by atoms with Crippen LogP contribution >= 0.6 is 0 Å². The first-order valence-corrected chi connectivity index (χ1v) is 5.83. The van der Waals surface area contributed by atoms with Crippen LogP contribution in [-0.2, 0) is 4.74 Å². The first-order chi connectivity index (χ1) is 9.13. The molecule has 0 saturated heterocycles. The van der Waals surface area contributed by atoms with Crippen LogP contribution in [0, 0.1) is 0 Å². The standard InChI is InChI=1S/C11H20F3N5O/c1-7(2)20-10(17-4)18-6-8(15)19(5)9(16-3)11(12,13)14/h7-8H,4,6,15H2,1-3,5H3/b16-9-,18-10+. The van der Waals surface area contributed by atoms with Gasteiger partial charge in [-0.25, -0.2) is 9.98 Å². The highest BCUT2D eigenvalue weighted by molar-refractivity contribution is 5.87. The average molecular weight is 295 g/mol. The van der Waals surface area contributed by atoms with Crippen LogP contribution in [0.1, 0.15) is 13.8 Å². The predicted octanol–water partition coefficient (Wildman–Crippen LogP) is 1.28. The number of halogens is 3. The number of likely N-dealkylation sites (N-methyl/N-ethyl adjacent to an activating group) is 1. The molecule has 0 spiro atoms. The van der Waals surface area contributed by atoms with Crippen molar-refractivity contribution in [3.05, 3.63) is 0 Å². The topological polar surface area (TPSA) is 75.6 Å². The lowest BCUT2D eigenvalue weighted by Crippen LogP contribution is -2.50. The van der Waals surface area contributed by atoms with Crippen molar-refractivity contribution >= 4 is 18.6 Å². The van der Waals surface area contributed by atoms with E-state index in [-0.39, 0.29) is 18.7 Å². The summed E-state index contributed by atoms with van der Waals surface area (Å²) in [5.74, 6) is -1.07. The van der Waals surface area contributed by atoms with Gasteiger partial charge in [-0.05, 0) is 20.6 Å². The van der Waals surface area contributed by atoms with E-state index in [2.05, 4.69) is 21.7 Å². The van der Waals surface area contributed by atoms with Crippen LogP contribution in [0.4, 0.5) is 13.2 Å². The molecular weight excluding hydrogens is 275 g/mol. The number of alkyl halides is 3. The Morgan fingerprint density at radius 2 is 1.95 bits per heavy atom. The largest absolute Gasteiger partial charge is 0.461 e. The molecule has 0 saturated carbocycles. The summed E-state index contributed by atoms with van der Waals surface area (Å²) in [6, 6.07) is -0.00848. The summed E-state index contributed by atoms with van der Waals surface area (Å²) in [5, 5.41) is 0. The van der Waals surface area contributed by atoms with Crippen molar-refractivity contribution in [2.75, 3.05) is 20.6 Å². The molecule has 1 atom stereocenters. The molecule has 0 rings (SSSR count). The van der Waals surface area contributed by atoms with E-state index in [1.165, 1.54) is 7.05 Å². The van der Waals surface area contributed by atoms with E-state index in [0.717, 1.165) is 11.9 Å². The van der Waals surface area contributed by atoms with Gasteiger partial charge in [-0.3, -0.25) is 4.99 Å². The molecule has 0 fully saturated rings.